The molecule has 0 spiro atoms. The predicted molar refractivity (Wildman–Crippen MR) is 103 cm³/mol. The van der Waals surface area contributed by atoms with Crippen molar-refractivity contribution in [2.24, 2.45) is 0 Å². The fraction of sp³-hybridized carbons (Fsp3) is 0.150. The van der Waals surface area contributed by atoms with Crippen LogP contribution in [0.4, 0.5) is 15.8 Å². The molecule has 1 aromatic heterocycles. The van der Waals surface area contributed by atoms with Gasteiger partial charge in [-0.2, -0.15) is 0 Å². The van der Waals surface area contributed by atoms with E-state index < -0.39 is 11.8 Å². The first kappa shape index (κ1) is 18.3. The molecule has 0 bridgehead atoms. The second-order valence-corrected chi connectivity index (χ2v) is 6.78. The van der Waals surface area contributed by atoms with E-state index in [2.05, 4.69) is 15.5 Å². The number of nitrogens with one attached hydrogen (secondary N) is 1. The molecule has 0 radical (unpaired) electrons. The summed E-state index contributed by atoms with van der Waals surface area (Å²) in [7, 11) is 0. The molecule has 0 atom stereocenters. The number of ether oxygens (including phenoxy) is 1. The van der Waals surface area contributed by atoms with E-state index in [4.69, 9.17) is 16.3 Å². The van der Waals surface area contributed by atoms with Crippen molar-refractivity contribution in [2.75, 3.05) is 18.5 Å². The molecule has 8 heteroatoms. The Morgan fingerprint density at radius 3 is 2.54 bits per heavy atom. The van der Waals surface area contributed by atoms with E-state index in [1.165, 1.54) is 24.3 Å². The zero-order chi connectivity index (χ0) is 19.7. The molecule has 1 saturated heterocycles. The third-order valence-electron chi connectivity index (χ3n) is 4.51. The van der Waals surface area contributed by atoms with Crippen LogP contribution in [0.1, 0.15) is 22.0 Å². The van der Waals surface area contributed by atoms with Crippen LogP contribution in [0.5, 0.6) is 0 Å². The summed E-state index contributed by atoms with van der Waals surface area (Å²) < 4.78 is 19.4. The summed E-state index contributed by atoms with van der Waals surface area (Å²) in [5.41, 5.74) is 1.95. The lowest BCUT2D eigenvalue weighted by Crippen LogP contribution is -2.24. The molecule has 142 valence electrons. The van der Waals surface area contributed by atoms with Crippen molar-refractivity contribution < 1.29 is 19.0 Å². The van der Waals surface area contributed by atoms with Gasteiger partial charge in [0.1, 0.15) is 5.82 Å². The molecule has 0 unspecified atom stereocenters. The van der Waals surface area contributed by atoms with Crippen LogP contribution in [-0.2, 0) is 4.74 Å². The van der Waals surface area contributed by atoms with E-state index >= 15 is 0 Å². The number of carboxylic acid groups (broad SMARTS) is 1. The highest BCUT2D eigenvalue weighted by Crippen LogP contribution is 2.32. The van der Waals surface area contributed by atoms with Gasteiger partial charge in [-0.1, -0.05) is 29.8 Å². The smallest absolute Gasteiger partial charge is 0.358 e. The predicted octanol–water partition coefficient (Wildman–Crippen LogP) is 4.49. The van der Waals surface area contributed by atoms with Gasteiger partial charge in [0.15, 0.2) is 5.69 Å². The number of hydrogen-bond acceptors (Lipinski definition) is 5. The Kier molecular flexibility index (Phi) is 4.93. The molecule has 1 aliphatic heterocycles. The zero-order valence-electron chi connectivity index (χ0n) is 14.5. The van der Waals surface area contributed by atoms with Crippen molar-refractivity contribution in [1.82, 2.24) is 10.2 Å². The van der Waals surface area contributed by atoms with E-state index in [0.29, 0.717) is 24.8 Å². The van der Waals surface area contributed by atoms with Gasteiger partial charge in [-0.25, -0.2) is 9.18 Å². The Morgan fingerprint density at radius 1 is 1.18 bits per heavy atom. The minimum Gasteiger partial charge on any atom is -0.476 e. The summed E-state index contributed by atoms with van der Waals surface area (Å²) in [4.78, 5) is 11.5. The Hall–Kier alpha value is -3.03. The van der Waals surface area contributed by atoms with Crippen LogP contribution in [0.15, 0.2) is 48.5 Å². The maximum absolute atomic E-state index is 14.2. The van der Waals surface area contributed by atoms with Crippen molar-refractivity contribution in [3.05, 3.63) is 70.6 Å². The van der Waals surface area contributed by atoms with Crippen LogP contribution < -0.4 is 5.32 Å². The number of halogens is 2. The summed E-state index contributed by atoms with van der Waals surface area (Å²) in [5, 5.41) is 20.2. The second kappa shape index (κ2) is 7.53. The van der Waals surface area contributed by atoms with E-state index in [1.54, 1.807) is 0 Å². The lowest BCUT2D eigenvalue weighted by atomic mass is 9.97. The molecule has 1 aliphatic rings. The maximum atomic E-state index is 14.2. The SMILES string of the molecule is O=C(O)c1nnc(-c2c(F)cccc2Cl)cc1Nc1ccc(C2COC2)cc1. The van der Waals surface area contributed by atoms with Gasteiger partial charge in [0.2, 0.25) is 0 Å². The Balaban J connectivity index is 1.69. The van der Waals surface area contributed by atoms with Gasteiger partial charge in [0.05, 0.1) is 35.2 Å². The molecule has 2 heterocycles. The summed E-state index contributed by atoms with van der Waals surface area (Å²) in [6.45, 7) is 1.41. The van der Waals surface area contributed by atoms with Crippen molar-refractivity contribution >= 4 is 28.9 Å². The Morgan fingerprint density at radius 2 is 1.93 bits per heavy atom. The molecular formula is C20H15ClFN3O3. The highest BCUT2D eigenvalue weighted by Gasteiger charge is 2.21. The number of benzene rings is 2. The highest BCUT2D eigenvalue weighted by atomic mass is 35.5. The maximum Gasteiger partial charge on any atom is 0.358 e. The topological polar surface area (TPSA) is 84.3 Å². The third kappa shape index (κ3) is 3.54. The van der Waals surface area contributed by atoms with Crippen molar-refractivity contribution in [2.45, 2.75) is 5.92 Å². The van der Waals surface area contributed by atoms with Crippen LogP contribution >= 0.6 is 11.6 Å². The number of rotatable bonds is 5. The normalized spacial score (nSPS) is 13.8. The van der Waals surface area contributed by atoms with Crippen LogP contribution in [0.25, 0.3) is 11.3 Å². The van der Waals surface area contributed by atoms with Crippen LogP contribution in [0, 0.1) is 5.82 Å². The van der Waals surface area contributed by atoms with E-state index in [0.717, 1.165) is 5.56 Å². The van der Waals surface area contributed by atoms with Crippen LogP contribution in [-0.4, -0.2) is 34.5 Å². The van der Waals surface area contributed by atoms with E-state index in [-0.39, 0.29) is 27.7 Å². The molecule has 2 N–H and O–H groups in total. The van der Waals surface area contributed by atoms with Crippen molar-refractivity contribution in [1.29, 1.82) is 0 Å². The number of hydrogen-bond donors (Lipinski definition) is 2. The monoisotopic (exact) mass is 399 g/mol. The minimum atomic E-state index is -1.25. The number of carboxylic acids is 1. The summed E-state index contributed by atoms with van der Waals surface area (Å²) in [5.74, 6) is -1.42. The zero-order valence-corrected chi connectivity index (χ0v) is 15.3. The number of aromatic nitrogens is 2. The van der Waals surface area contributed by atoms with Crippen LogP contribution in [0.3, 0.4) is 0 Å². The number of anilines is 2. The van der Waals surface area contributed by atoms with Gasteiger partial charge in [-0.3, -0.25) is 0 Å². The lowest BCUT2D eigenvalue weighted by molar-refractivity contribution is 0.00843. The fourth-order valence-electron chi connectivity index (χ4n) is 2.93. The van der Waals surface area contributed by atoms with Gasteiger partial charge in [-0.05, 0) is 35.9 Å². The molecule has 2 aromatic carbocycles. The average molecular weight is 400 g/mol. The van der Waals surface area contributed by atoms with Gasteiger partial charge in [0, 0.05) is 11.6 Å². The molecule has 28 heavy (non-hydrogen) atoms. The molecular weight excluding hydrogens is 385 g/mol. The van der Waals surface area contributed by atoms with Crippen molar-refractivity contribution in [3.8, 4) is 11.3 Å². The molecule has 3 aromatic rings. The fourth-order valence-corrected chi connectivity index (χ4v) is 3.19. The molecule has 0 saturated carbocycles. The number of nitrogens with zero attached hydrogens (tertiary/aromatic N) is 2. The minimum absolute atomic E-state index is 0.0667. The van der Waals surface area contributed by atoms with Gasteiger partial charge in [-0.15, -0.1) is 10.2 Å². The van der Waals surface area contributed by atoms with Gasteiger partial charge >= 0.3 is 5.97 Å². The molecule has 0 aliphatic carbocycles. The first-order valence-corrected chi connectivity index (χ1v) is 8.91. The van der Waals surface area contributed by atoms with Gasteiger partial charge < -0.3 is 15.2 Å². The van der Waals surface area contributed by atoms with Gasteiger partial charge in [0.25, 0.3) is 0 Å². The second-order valence-electron chi connectivity index (χ2n) is 6.38. The third-order valence-corrected chi connectivity index (χ3v) is 4.83. The summed E-state index contributed by atoms with van der Waals surface area (Å²) in [6, 6.07) is 13.3. The highest BCUT2D eigenvalue weighted by molar-refractivity contribution is 6.33. The number of carbonyl (C=O) groups is 1. The lowest BCUT2D eigenvalue weighted by Gasteiger charge is -2.26. The van der Waals surface area contributed by atoms with Crippen LogP contribution in [0.2, 0.25) is 5.02 Å². The molecule has 0 amide bonds. The summed E-state index contributed by atoms with van der Waals surface area (Å²) >= 11 is 6.09. The quantitative estimate of drug-likeness (QED) is 0.657. The Labute approximate surface area is 164 Å². The average Bonchev–Trinajstić information content (AvgIpc) is 2.62. The summed E-state index contributed by atoms with van der Waals surface area (Å²) in [6.07, 6.45) is 0. The number of aromatic carboxylic acids is 1. The standard InChI is InChI=1S/C20H15ClFN3O3/c21-14-2-1-3-15(22)18(14)16-8-17(19(20(26)27)25-24-16)23-13-6-4-11(5-7-13)12-9-28-10-12/h1-8,12H,9-10H2,(H,23,24)(H,26,27). The van der Waals surface area contributed by atoms with E-state index in [1.807, 2.05) is 24.3 Å². The molecule has 1 fully saturated rings. The first-order chi connectivity index (χ1) is 13.5. The molecule has 6 nitrogen and oxygen atoms in total. The Bertz CT molecular complexity index is 1020. The van der Waals surface area contributed by atoms with Crippen molar-refractivity contribution in [3.63, 3.8) is 0 Å². The first-order valence-electron chi connectivity index (χ1n) is 8.53. The largest absolute Gasteiger partial charge is 0.476 e. The molecule has 4 rings (SSSR count). The van der Waals surface area contributed by atoms with E-state index in [9.17, 15) is 14.3 Å².